The zero-order valence-electron chi connectivity index (χ0n) is 9.76. The predicted molar refractivity (Wildman–Crippen MR) is 69.8 cm³/mol. The summed E-state index contributed by atoms with van der Waals surface area (Å²) >= 11 is 3.28. The quantitative estimate of drug-likeness (QED) is 0.631. The SMILES string of the molecule is Cc1nc(Oc2cc(F)ccc2[N+](=O)[O-])ccc1Br. The Morgan fingerprint density at radius 1 is 1.37 bits per heavy atom. The number of aromatic nitrogens is 1. The molecule has 0 radical (unpaired) electrons. The summed E-state index contributed by atoms with van der Waals surface area (Å²) in [4.78, 5) is 14.3. The summed E-state index contributed by atoms with van der Waals surface area (Å²) in [7, 11) is 0. The predicted octanol–water partition coefficient (Wildman–Crippen LogP) is 3.99. The molecule has 0 aliphatic rings. The van der Waals surface area contributed by atoms with E-state index in [1.54, 1.807) is 13.0 Å². The Labute approximate surface area is 116 Å². The molecule has 0 spiro atoms. The van der Waals surface area contributed by atoms with Crippen molar-refractivity contribution in [2.75, 3.05) is 0 Å². The molecule has 0 aliphatic heterocycles. The van der Waals surface area contributed by atoms with Crippen molar-refractivity contribution >= 4 is 21.6 Å². The standard InChI is InChI=1S/C12H8BrFN2O3/c1-7-9(13)3-5-12(15-7)19-11-6-8(14)2-4-10(11)16(17)18/h2-6H,1H3. The number of ether oxygens (including phenoxy) is 1. The fourth-order valence-electron chi connectivity index (χ4n) is 1.41. The van der Waals surface area contributed by atoms with Gasteiger partial charge in [0.05, 0.1) is 10.6 Å². The molecule has 2 rings (SSSR count). The van der Waals surface area contributed by atoms with Crippen LogP contribution in [0.5, 0.6) is 11.6 Å². The van der Waals surface area contributed by atoms with Gasteiger partial charge in [-0.15, -0.1) is 0 Å². The lowest BCUT2D eigenvalue weighted by Crippen LogP contribution is -1.96. The fourth-order valence-corrected chi connectivity index (χ4v) is 1.63. The van der Waals surface area contributed by atoms with Crippen LogP contribution in [-0.4, -0.2) is 9.91 Å². The molecule has 1 heterocycles. The summed E-state index contributed by atoms with van der Waals surface area (Å²) in [5.74, 6) is -0.636. The normalized spacial score (nSPS) is 10.3. The topological polar surface area (TPSA) is 65.3 Å². The van der Waals surface area contributed by atoms with Crippen molar-refractivity contribution in [3.63, 3.8) is 0 Å². The highest BCUT2D eigenvalue weighted by Crippen LogP contribution is 2.31. The Hall–Kier alpha value is -2.02. The van der Waals surface area contributed by atoms with Crippen LogP contribution in [0.15, 0.2) is 34.8 Å². The summed E-state index contributed by atoms with van der Waals surface area (Å²) in [6.07, 6.45) is 0. The molecular weight excluding hydrogens is 319 g/mol. The Bertz CT molecular complexity index is 649. The number of nitrogens with zero attached hydrogens (tertiary/aromatic N) is 2. The van der Waals surface area contributed by atoms with Gasteiger partial charge in [-0.1, -0.05) is 0 Å². The van der Waals surface area contributed by atoms with Crippen LogP contribution >= 0.6 is 15.9 Å². The number of pyridine rings is 1. The summed E-state index contributed by atoms with van der Waals surface area (Å²) in [5, 5.41) is 10.8. The van der Waals surface area contributed by atoms with Crippen molar-refractivity contribution in [3.8, 4) is 11.6 Å². The van der Waals surface area contributed by atoms with Crippen LogP contribution in [0.3, 0.4) is 0 Å². The van der Waals surface area contributed by atoms with E-state index in [1.807, 2.05) is 0 Å². The summed E-state index contributed by atoms with van der Waals surface area (Å²) < 4.78 is 19.2. The van der Waals surface area contributed by atoms with Crippen LogP contribution in [0.25, 0.3) is 0 Å². The van der Waals surface area contributed by atoms with E-state index in [9.17, 15) is 14.5 Å². The molecule has 98 valence electrons. The molecule has 1 aromatic carbocycles. The first-order valence-electron chi connectivity index (χ1n) is 5.22. The average Bonchev–Trinajstić information content (AvgIpc) is 2.33. The second-order valence-electron chi connectivity index (χ2n) is 3.69. The smallest absolute Gasteiger partial charge is 0.311 e. The third-order valence-electron chi connectivity index (χ3n) is 2.33. The van der Waals surface area contributed by atoms with Crippen molar-refractivity contribution < 1.29 is 14.1 Å². The molecule has 0 unspecified atom stereocenters. The van der Waals surface area contributed by atoms with Gasteiger partial charge in [-0.3, -0.25) is 10.1 Å². The highest BCUT2D eigenvalue weighted by molar-refractivity contribution is 9.10. The maximum absolute atomic E-state index is 13.1. The molecule has 7 heteroatoms. The van der Waals surface area contributed by atoms with Crippen LogP contribution in [0.2, 0.25) is 0 Å². The van der Waals surface area contributed by atoms with Crippen LogP contribution in [0.1, 0.15) is 5.69 Å². The minimum Gasteiger partial charge on any atom is -0.432 e. The number of nitro benzene ring substituents is 1. The largest absolute Gasteiger partial charge is 0.432 e. The van der Waals surface area contributed by atoms with E-state index >= 15 is 0 Å². The van der Waals surface area contributed by atoms with Gasteiger partial charge >= 0.3 is 5.69 Å². The third kappa shape index (κ3) is 3.05. The third-order valence-corrected chi connectivity index (χ3v) is 3.17. The summed E-state index contributed by atoms with van der Waals surface area (Å²) in [6.45, 7) is 1.75. The van der Waals surface area contributed by atoms with Gasteiger partial charge < -0.3 is 4.74 Å². The van der Waals surface area contributed by atoms with Gasteiger partial charge in [0.15, 0.2) is 0 Å². The number of rotatable bonds is 3. The maximum Gasteiger partial charge on any atom is 0.311 e. The van der Waals surface area contributed by atoms with Crippen molar-refractivity contribution in [1.29, 1.82) is 0 Å². The lowest BCUT2D eigenvalue weighted by molar-refractivity contribution is -0.385. The van der Waals surface area contributed by atoms with Crippen molar-refractivity contribution in [3.05, 3.63) is 56.4 Å². The van der Waals surface area contributed by atoms with E-state index in [4.69, 9.17) is 4.74 Å². The van der Waals surface area contributed by atoms with Gasteiger partial charge in [0, 0.05) is 22.7 Å². The number of halogens is 2. The first-order valence-corrected chi connectivity index (χ1v) is 6.01. The molecule has 0 saturated heterocycles. The van der Waals surface area contributed by atoms with Crippen molar-refractivity contribution in [1.82, 2.24) is 4.98 Å². The minimum absolute atomic E-state index is 0.161. The van der Waals surface area contributed by atoms with Crippen LogP contribution in [0.4, 0.5) is 10.1 Å². The lowest BCUT2D eigenvalue weighted by Gasteiger charge is -2.06. The first-order chi connectivity index (χ1) is 8.97. The Balaban J connectivity index is 2.39. The van der Waals surface area contributed by atoms with Crippen molar-refractivity contribution in [2.24, 2.45) is 0 Å². The van der Waals surface area contributed by atoms with E-state index in [2.05, 4.69) is 20.9 Å². The van der Waals surface area contributed by atoms with E-state index in [-0.39, 0.29) is 17.3 Å². The van der Waals surface area contributed by atoms with Gasteiger partial charge in [0.25, 0.3) is 0 Å². The maximum atomic E-state index is 13.1. The minimum atomic E-state index is -0.638. The fraction of sp³-hybridized carbons (Fsp3) is 0.0833. The van der Waals surface area contributed by atoms with Crippen LogP contribution < -0.4 is 4.74 Å². The second-order valence-corrected chi connectivity index (χ2v) is 4.54. The van der Waals surface area contributed by atoms with E-state index in [0.717, 1.165) is 22.7 Å². The molecule has 0 bridgehead atoms. The zero-order valence-corrected chi connectivity index (χ0v) is 11.3. The van der Waals surface area contributed by atoms with Gasteiger partial charge in [-0.05, 0) is 35.0 Å². The molecule has 2 aromatic rings. The van der Waals surface area contributed by atoms with Gasteiger partial charge in [-0.25, -0.2) is 9.37 Å². The van der Waals surface area contributed by atoms with Crippen LogP contribution in [0, 0.1) is 22.9 Å². The van der Waals surface area contributed by atoms with Gasteiger partial charge in [0.2, 0.25) is 11.6 Å². The number of hydrogen-bond acceptors (Lipinski definition) is 4. The molecular formula is C12H8BrFN2O3. The molecule has 0 saturated carbocycles. The molecule has 19 heavy (non-hydrogen) atoms. The number of nitro groups is 1. The Kier molecular flexibility index (Phi) is 3.75. The highest BCUT2D eigenvalue weighted by atomic mass is 79.9. The number of hydrogen-bond donors (Lipinski definition) is 0. The second kappa shape index (κ2) is 5.31. The average molecular weight is 327 g/mol. The molecule has 0 N–H and O–H groups in total. The van der Waals surface area contributed by atoms with E-state index in [0.29, 0.717) is 5.69 Å². The van der Waals surface area contributed by atoms with Gasteiger partial charge in [-0.2, -0.15) is 0 Å². The zero-order chi connectivity index (χ0) is 14.0. The number of benzene rings is 1. The van der Waals surface area contributed by atoms with Crippen LogP contribution in [-0.2, 0) is 0 Å². The Morgan fingerprint density at radius 3 is 2.74 bits per heavy atom. The Morgan fingerprint density at radius 2 is 2.11 bits per heavy atom. The molecule has 0 aliphatic carbocycles. The van der Waals surface area contributed by atoms with Crippen molar-refractivity contribution in [2.45, 2.75) is 6.92 Å². The summed E-state index contributed by atoms with van der Waals surface area (Å²) in [5.41, 5.74) is 0.348. The van der Waals surface area contributed by atoms with E-state index < -0.39 is 10.7 Å². The summed E-state index contributed by atoms with van der Waals surface area (Å²) in [6, 6.07) is 6.24. The monoisotopic (exact) mass is 326 g/mol. The van der Waals surface area contributed by atoms with E-state index in [1.165, 1.54) is 6.07 Å². The molecule has 0 atom stereocenters. The molecule has 1 aromatic heterocycles. The molecule has 0 amide bonds. The molecule has 0 fully saturated rings. The number of aryl methyl sites for hydroxylation is 1. The van der Waals surface area contributed by atoms with Gasteiger partial charge in [0.1, 0.15) is 5.82 Å². The first kappa shape index (κ1) is 13.4. The molecule has 5 nitrogen and oxygen atoms in total. The lowest BCUT2D eigenvalue weighted by atomic mass is 10.3. The highest BCUT2D eigenvalue weighted by Gasteiger charge is 2.17.